The number of benzene rings is 1. The highest BCUT2D eigenvalue weighted by atomic mass is 32.2. The first-order chi connectivity index (χ1) is 9.66. The molecule has 0 saturated heterocycles. The smallest absolute Gasteiger partial charge is 0.238 e. The van der Waals surface area contributed by atoms with E-state index in [0.717, 1.165) is 18.5 Å². The molecule has 0 amide bonds. The Morgan fingerprint density at radius 2 is 1.71 bits per heavy atom. The van der Waals surface area contributed by atoms with Crippen molar-refractivity contribution in [2.75, 3.05) is 11.1 Å². The molecule has 2 atom stereocenters. The van der Waals surface area contributed by atoms with Crippen LogP contribution in [-0.2, 0) is 10.0 Å². The molecule has 0 bridgehead atoms. The van der Waals surface area contributed by atoms with Crippen molar-refractivity contribution in [3.05, 3.63) is 17.7 Å². The number of hydrogen-bond acceptors (Lipinski definition) is 4. The van der Waals surface area contributed by atoms with Crippen LogP contribution in [0.2, 0.25) is 0 Å². The van der Waals surface area contributed by atoms with E-state index in [-0.39, 0.29) is 4.90 Å². The van der Waals surface area contributed by atoms with Gasteiger partial charge in [-0.05, 0) is 55.7 Å². The van der Waals surface area contributed by atoms with Crippen molar-refractivity contribution in [2.45, 2.75) is 51.0 Å². The second kappa shape index (κ2) is 5.85. The minimum absolute atomic E-state index is 0.0990. The number of anilines is 2. The molecule has 0 spiro atoms. The van der Waals surface area contributed by atoms with Gasteiger partial charge in [-0.2, -0.15) is 0 Å². The summed E-state index contributed by atoms with van der Waals surface area (Å²) in [5.74, 6) is 1.34. The molecule has 1 aliphatic carbocycles. The van der Waals surface area contributed by atoms with Crippen molar-refractivity contribution in [3.63, 3.8) is 0 Å². The van der Waals surface area contributed by atoms with Crippen LogP contribution < -0.4 is 16.2 Å². The number of rotatable bonds is 3. The van der Waals surface area contributed by atoms with Crippen LogP contribution in [0.15, 0.2) is 17.0 Å². The van der Waals surface area contributed by atoms with Gasteiger partial charge in [0, 0.05) is 17.4 Å². The Morgan fingerprint density at radius 1 is 1.14 bits per heavy atom. The topological polar surface area (TPSA) is 98.2 Å². The largest absolute Gasteiger partial charge is 0.399 e. The molecule has 2 rings (SSSR count). The summed E-state index contributed by atoms with van der Waals surface area (Å²) in [6.45, 7) is 6.27. The SMILES string of the molecule is Cc1c(NC2CC(C)CC(C)C2)cc(N)cc1S(N)(=O)=O. The lowest BCUT2D eigenvalue weighted by atomic mass is 9.80. The highest BCUT2D eigenvalue weighted by molar-refractivity contribution is 7.89. The van der Waals surface area contributed by atoms with E-state index in [2.05, 4.69) is 19.2 Å². The third kappa shape index (κ3) is 3.89. The van der Waals surface area contributed by atoms with Gasteiger partial charge >= 0.3 is 0 Å². The maximum Gasteiger partial charge on any atom is 0.238 e. The molecule has 0 radical (unpaired) electrons. The molecule has 0 aromatic heterocycles. The van der Waals surface area contributed by atoms with Gasteiger partial charge in [0.25, 0.3) is 0 Å². The quantitative estimate of drug-likeness (QED) is 0.747. The van der Waals surface area contributed by atoms with Gasteiger partial charge in [-0.1, -0.05) is 13.8 Å². The zero-order valence-corrected chi connectivity index (χ0v) is 13.7. The van der Waals surface area contributed by atoms with Crippen LogP contribution in [0.1, 0.15) is 38.7 Å². The lowest BCUT2D eigenvalue weighted by molar-refractivity contribution is 0.281. The first-order valence-electron chi connectivity index (χ1n) is 7.36. The molecule has 6 heteroatoms. The molecule has 5 N–H and O–H groups in total. The molecule has 1 fully saturated rings. The Morgan fingerprint density at radius 3 is 2.24 bits per heavy atom. The molecule has 21 heavy (non-hydrogen) atoms. The summed E-state index contributed by atoms with van der Waals surface area (Å²) in [6.07, 6.45) is 3.42. The fourth-order valence-electron chi connectivity index (χ4n) is 3.44. The van der Waals surface area contributed by atoms with E-state index in [1.54, 1.807) is 13.0 Å². The summed E-state index contributed by atoms with van der Waals surface area (Å²) in [6, 6.07) is 3.55. The Hall–Kier alpha value is -1.27. The Labute approximate surface area is 127 Å². The van der Waals surface area contributed by atoms with Gasteiger partial charge in [-0.25, -0.2) is 13.6 Å². The molecular weight excluding hydrogens is 286 g/mol. The maximum atomic E-state index is 11.6. The van der Waals surface area contributed by atoms with Crippen LogP contribution in [0.4, 0.5) is 11.4 Å². The van der Waals surface area contributed by atoms with Crippen molar-refractivity contribution >= 4 is 21.4 Å². The number of primary sulfonamides is 1. The van der Waals surface area contributed by atoms with Gasteiger partial charge in [-0.3, -0.25) is 0 Å². The molecule has 2 unspecified atom stereocenters. The summed E-state index contributed by atoms with van der Waals surface area (Å²) in [5.41, 5.74) is 7.64. The number of nitrogens with two attached hydrogens (primary N) is 2. The fourth-order valence-corrected chi connectivity index (χ4v) is 4.28. The molecule has 1 aromatic carbocycles. The minimum atomic E-state index is -3.76. The van der Waals surface area contributed by atoms with Crippen LogP contribution >= 0.6 is 0 Å². The average Bonchev–Trinajstić information content (AvgIpc) is 2.30. The van der Waals surface area contributed by atoms with E-state index in [1.165, 1.54) is 12.5 Å². The molecule has 1 aromatic rings. The fraction of sp³-hybridized carbons (Fsp3) is 0.600. The number of hydrogen-bond donors (Lipinski definition) is 3. The zero-order valence-electron chi connectivity index (χ0n) is 12.9. The number of nitrogens with one attached hydrogen (secondary N) is 1. The van der Waals surface area contributed by atoms with Crippen LogP contribution in [0, 0.1) is 18.8 Å². The summed E-state index contributed by atoms with van der Waals surface area (Å²) in [7, 11) is -3.76. The summed E-state index contributed by atoms with van der Waals surface area (Å²) >= 11 is 0. The second-order valence-electron chi connectivity index (χ2n) is 6.50. The highest BCUT2D eigenvalue weighted by Crippen LogP contribution is 2.33. The molecule has 0 aliphatic heterocycles. The molecule has 0 heterocycles. The lowest BCUT2D eigenvalue weighted by Crippen LogP contribution is -2.30. The van der Waals surface area contributed by atoms with E-state index >= 15 is 0 Å². The summed E-state index contributed by atoms with van der Waals surface area (Å²) in [4.78, 5) is 0.0990. The van der Waals surface area contributed by atoms with Crippen LogP contribution in [0.25, 0.3) is 0 Å². The first kappa shape index (κ1) is 16.1. The van der Waals surface area contributed by atoms with Gasteiger partial charge in [-0.15, -0.1) is 0 Å². The first-order valence-corrected chi connectivity index (χ1v) is 8.91. The van der Waals surface area contributed by atoms with Crippen LogP contribution in [-0.4, -0.2) is 14.5 Å². The van der Waals surface area contributed by atoms with Gasteiger partial charge in [0.1, 0.15) is 0 Å². The molecule has 1 aliphatic rings. The van der Waals surface area contributed by atoms with E-state index < -0.39 is 10.0 Å². The Kier molecular flexibility index (Phi) is 4.49. The summed E-state index contributed by atoms with van der Waals surface area (Å²) in [5, 5.41) is 8.72. The predicted octanol–water partition coefficient (Wildman–Crippen LogP) is 2.46. The third-order valence-corrected chi connectivity index (χ3v) is 5.26. The summed E-state index contributed by atoms with van der Waals surface area (Å²) < 4.78 is 23.3. The van der Waals surface area contributed by atoms with Gasteiger partial charge in [0.15, 0.2) is 0 Å². The molecule has 1 saturated carbocycles. The van der Waals surface area contributed by atoms with Crippen molar-refractivity contribution in [1.29, 1.82) is 0 Å². The lowest BCUT2D eigenvalue weighted by Gasteiger charge is -2.33. The van der Waals surface area contributed by atoms with E-state index in [9.17, 15) is 8.42 Å². The van der Waals surface area contributed by atoms with Crippen molar-refractivity contribution < 1.29 is 8.42 Å². The second-order valence-corrected chi connectivity index (χ2v) is 8.03. The number of sulfonamides is 1. The van der Waals surface area contributed by atoms with E-state index in [0.29, 0.717) is 29.1 Å². The zero-order chi connectivity index (χ0) is 15.8. The predicted molar refractivity (Wildman–Crippen MR) is 86.6 cm³/mol. The van der Waals surface area contributed by atoms with Crippen LogP contribution in [0.3, 0.4) is 0 Å². The Balaban J connectivity index is 2.30. The van der Waals surface area contributed by atoms with Crippen molar-refractivity contribution in [3.8, 4) is 0 Å². The van der Waals surface area contributed by atoms with Crippen LogP contribution in [0.5, 0.6) is 0 Å². The standard InChI is InChI=1S/C15H25N3O2S/c1-9-4-10(2)6-13(5-9)18-14-7-12(16)8-15(11(14)3)21(17,19)20/h7-10,13,18H,4-6,16H2,1-3H3,(H2,17,19,20). The van der Waals surface area contributed by atoms with E-state index in [4.69, 9.17) is 10.9 Å². The highest BCUT2D eigenvalue weighted by Gasteiger charge is 2.25. The van der Waals surface area contributed by atoms with Gasteiger partial charge in [0.05, 0.1) is 4.90 Å². The minimum Gasteiger partial charge on any atom is -0.399 e. The molecular formula is C15H25N3O2S. The van der Waals surface area contributed by atoms with Gasteiger partial charge in [0.2, 0.25) is 10.0 Å². The Bertz CT molecular complexity index is 618. The monoisotopic (exact) mass is 311 g/mol. The average molecular weight is 311 g/mol. The maximum absolute atomic E-state index is 11.6. The third-order valence-electron chi connectivity index (χ3n) is 4.23. The molecule has 118 valence electrons. The van der Waals surface area contributed by atoms with Crippen molar-refractivity contribution in [2.24, 2.45) is 17.0 Å². The van der Waals surface area contributed by atoms with Gasteiger partial charge < -0.3 is 11.1 Å². The van der Waals surface area contributed by atoms with Crippen molar-refractivity contribution in [1.82, 2.24) is 0 Å². The normalized spacial score (nSPS) is 26.6. The number of nitrogen functional groups attached to an aromatic ring is 1. The molecule has 5 nitrogen and oxygen atoms in total. The van der Waals surface area contributed by atoms with E-state index in [1.807, 2.05) is 0 Å².